The van der Waals surface area contributed by atoms with Crippen molar-refractivity contribution < 1.29 is 4.79 Å². The van der Waals surface area contributed by atoms with Crippen LogP contribution in [-0.2, 0) is 0 Å². The van der Waals surface area contributed by atoms with Gasteiger partial charge in [-0.1, -0.05) is 11.6 Å². The van der Waals surface area contributed by atoms with Gasteiger partial charge in [-0.05, 0) is 38.1 Å². The lowest BCUT2D eigenvalue weighted by Crippen LogP contribution is -2.50. The lowest BCUT2D eigenvalue weighted by atomic mass is 10.2. The Morgan fingerprint density at radius 3 is 2.46 bits per heavy atom. The van der Waals surface area contributed by atoms with Crippen molar-refractivity contribution in [1.29, 1.82) is 0 Å². The fraction of sp³-hybridized carbons (Fsp3) is 0.438. The summed E-state index contributed by atoms with van der Waals surface area (Å²) in [7, 11) is 0. The van der Waals surface area contributed by atoms with Crippen LogP contribution in [0.15, 0.2) is 24.3 Å². The number of hydrogen-bond acceptors (Lipinski definition) is 5. The molecule has 1 amide bonds. The molecule has 24 heavy (non-hydrogen) atoms. The zero-order valence-corrected chi connectivity index (χ0v) is 14.5. The van der Waals surface area contributed by atoms with Crippen LogP contribution in [0.4, 0.5) is 11.5 Å². The molecular weight excluding hydrogens is 328 g/mol. The Balaban J connectivity index is 1.68. The molecule has 7 nitrogen and oxygen atoms in total. The monoisotopic (exact) mass is 348 g/mol. The van der Waals surface area contributed by atoms with Gasteiger partial charge in [0.2, 0.25) is 0 Å². The lowest BCUT2D eigenvalue weighted by molar-refractivity contribution is 0.0591. The summed E-state index contributed by atoms with van der Waals surface area (Å²) in [5.74, 6) is 0.317. The van der Waals surface area contributed by atoms with Gasteiger partial charge in [0, 0.05) is 42.9 Å². The molecule has 0 atom stereocenters. The third kappa shape index (κ3) is 3.68. The van der Waals surface area contributed by atoms with Crippen molar-refractivity contribution in [2.75, 3.05) is 31.5 Å². The van der Waals surface area contributed by atoms with E-state index in [4.69, 9.17) is 11.6 Å². The fourth-order valence-electron chi connectivity index (χ4n) is 2.73. The van der Waals surface area contributed by atoms with E-state index in [0.29, 0.717) is 35.7 Å². The smallest absolute Gasteiger partial charge is 0.278 e. The second-order valence-corrected chi connectivity index (χ2v) is 6.51. The summed E-state index contributed by atoms with van der Waals surface area (Å²) in [4.78, 5) is 16.9. The number of H-pyrrole nitrogens is 1. The van der Waals surface area contributed by atoms with E-state index in [0.717, 1.165) is 18.8 Å². The summed E-state index contributed by atoms with van der Waals surface area (Å²) >= 11 is 5.88. The summed E-state index contributed by atoms with van der Waals surface area (Å²) in [6, 6.07) is 7.70. The van der Waals surface area contributed by atoms with Crippen LogP contribution in [0, 0.1) is 0 Å². The van der Waals surface area contributed by atoms with Crippen LogP contribution < -0.4 is 5.32 Å². The predicted octanol–water partition coefficient (Wildman–Crippen LogP) is 2.37. The van der Waals surface area contributed by atoms with Crippen LogP contribution in [0.2, 0.25) is 5.02 Å². The largest absolute Gasteiger partial charge is 0.337 e. The van der Waals surface area contributed by atoms with E-state index in [-0.39, 0.29) is 5.91 Å². The average molecular weight is 349 g/mol. The summed E-state index contributed by atoms with van der Waals surface area (Å²) in [6.07, 6.45) is 0. The van der Waals surface area contributed by atoms with Gasteiger partial charge in [-0.3, -0.25) is 9.69 Å². The molecule has 1 fully saturated rings. The van der Waals surface area contributed by atoms with Gasteiger partial charge >= 0.3 is 0 Å². The number of rotatable bonds is 4. The zero-order chi connectivity index (χ0) is 17.1. The Hall–Kier alpha value is -2.12. The first-order valence-corrected chi connectivity index (χ1v) is 8.39. The van der Waals surface area contributed by atoms with Crippen molar-refractivity contribution in [3.63, 3.8) is 0 Å². The number of nitrogens with one attached hydrogen (secondary N) is 2. The molecule has 0 saturated carbocycles. The number of aromatic nitrogens is 3. The van der Waals surface area contributed by atoms with Crippen molar-refractivity contribution >= 4 is 29.0 Å². The van der Waals surface area contributed by atoms with Gasteiger partial charge in [0.05, 0.1) is 0 Å². The van der Waals surface area contributed by atoms with Crippen molar-refractivity contribution in [3.8, 4) is 0 Å². The molecule has 1 aromatic heterocycles. The highest BCUT2D eigenvalue weighted by Gasteiger charge is 2.27. The molecule has 3 rings (SSSR count). The van der Waals surface area contributed by atoms with Gasteiger partial charge in [-0.2, -0.15) is 5.21 Å². The number of anilines is 2. The molecule has 0 radical (unpaired) electrons. The zero-order valence-electron chi connectivity index (χ0n) is 13.8. The maximum atomic E-state index is 12.7. The highest BCUT2D eigenvalue weighted by molar-refractivity contribution is 6.30. The SMILES string of the molecule is CC(C)N1CCN(C(=O)c2n[nH]nc2Nc2ccc(Cl)cc2)CC1. The van der Waals surface area contributed by atoms with Gasteiger partial charge in [0.15, 0.2) is 11.5 Å². The number of amides is 1. The molecule has 1 aromatic carbocycles. The van der Waals surface area contributed by atoms with E-state index in [9.17, 15) is 4.79 Å². The van der Waals surface area contributed by atoms with Crippen molar-refractivity contribution in [2.45, 2.75) is 19.9 Å². The quantitative estimate of drug-likeness (QED) is 0.887. The van der Waals surface area contributed by atoms with Gasteiger partial charge in [0.1, 0.15) is 0 Å². The second-order valence-electron chi connectivity index (χ2n) is 6.07. The Morgan fingerprint density at radius 1 is 1.17 bits per heavy atom. The minimum absolute atomic E-state index is 0.108. The molecule has 2 heterocycles. The second kappa shape index (κ2) is 7.19. The Kier molecular flexibility index (Phi) is 5.01. The first kappa shape index (κ1) is 16.7. The van der Waals surface area contributed by atoms with Gasteiger partial charge in [0.25, 0.3) is 5.91 Å². The van der Waals surface area contributed by atoms with Crippen molar-refractivity contribution in [3.05, 3.63) is 35.0 Å². The van der Waals surface area contributed by atoms with E-state index < -0.39 is 0 Å². The number of halogens is 1. The first-order valence-electron chi connectivity index (χ1n) is 8.01. The van der Waals surface area contributed by atoms with Crippen LogP contribution in [0.25, 0.3) is 0 Å². The molecule has 2 N–H and O–H groups in total. The summed E-state index contributed by atoms with van der Waals surface area (Å²) in [6.45, 7) is 7.49. The predicted molar refractivity (Wildman–Crippen MR) is 93.7 cm³/mol. The van der Waals surface area contributed by atoms with E-state index >= 15 is 0 Å². The van der Waals surface area contributed by atoms with Crippen LogP contribution in [0.3, 0.4) is 0 Å². The normalized spacial score (nSPS) is 15.8. The molecule has 2 aromatic rings. The molecule has 0 unspecified atom stereocenters. The van der Waals surface area contributed by atoms with Crippen molar-refractivity contribution in [2.24, 2.45) is 0 Å². The van der Waals surface area contributed by atoms with Crippen LogP contribution in [0.5, 0.6) is 0 Å². The number of carbonyl (C=O) groups excluding carboxylic acids is 1. The van der Waals surface area contributed by atoms with E-state index in [1.54, 1.807) is 12.1 Å². The highest BCUT2D eigenvalue weighted by atomic mass is 35.5. The Morgan fingerprint density at radius 2 is 1.83 bits per heavy atom. The van der Waals surface area contributed by atoms with Gasteiger partial charge < -0.3 is 10.2 Å². The van der Waals surface area contributed by atoms with Crippen LogP contribution in [-0.4, -0.2) is 63.3 Å². The number of carbonyl (C=O) groups is 1. The number of piperazine rings is 1. The maximum Gasteiger partial charge on any atom is 0.278 e. The molecule has 8 heteroatoms. The summed E-state index contributed by atoms with van der Waals surface area (Å²) < 4.78 is 0. The minimum Gasteiger partial charge on any atom is -0.337 e. The molecule has 128 valence electrons. The number of benzene rings is 1. The number of nitrogens with zero attached hydrogens (tertiary/aromatic N) is 4. The van der Waals surface area contributed by atoms with Crippen molar-refractivity contribution in [1.82, 2.24) is 25.2 Å². The summed E-state index contributed by atoms with van der Waals surface area (Å²) in [5.41, 5.74) is 1.11. The van der Waals surface area contributed by atoms with E-state index in [1.807, 2.05) is 17.0 Å². The third-order valence-electron chi connectivity index (χ3n) is 4.19. The topological polar surface area (TPSA) is 77.2 Å². The molecular formula is C16H21ClN6O. The summed E-state index contributed by atoms with van der Waals surface area (Å²) in [5, 5.41) is 14.4. The third-order valence-corrected chi connectivity index (χ3v) is 4.44. The minimum atomic E-state index is -0.108. The van der Waals surface area contributed by atoms with E-state index in [1.165, 1.54) is 0 Å². The molecule has 1 saturated heterocycles. The molecule has 1 aliphatic heterocycles. The van der Waals surface area contributed by atoms with Gasteiger partial charge in [-0.15, -0.1) is 10.2 Å². The van der Waals surface area contributed by atoms with E-state index in [2.05, 4.69) is 39.5 Å². The van der Waals surface area contributed by atoms with Crippen LogP contribution >= 0.6 is 11.6 Å². The maximum absolute atomic E-state index is 12.7. The molecule has 0 bridgehead atoms. The molecule has 0 spiro atoms. The number of aromatic amines is 1. The number of hydrogen-bond donors (Lipinski definition) is 2. The standard InChI is InChI=1S/C16H21ClN6O/c1-11(2)22-7-9-23(10-8-22)16(24)14-15(20-21-19-14)18-13-5-3-12(17)4-6-13/h3-6,11H,7-10H2,1-2H3,(H2,18,19,20,21). The lowest BCUT2D eigenvalue weighted by Gasteiger charge is -2.36. The highest BCUT2D eigenvalue weighted by Crippen LogP contribution is 2.20. The Bertz CT molecular complexity index is 691. The molecule has 1 aliphatic rings. The fourth-order valence-corrected chi connectivity index (χ4v) is 2.85. The van der Waals surface area contributed by atoms with Gasteiger partial charge in [-0.25, -0.2) is 0 Å². The first-order chi connectivity index (χ1) is 11.5. The Labute approximate surface area is 146 Å². The molecule has 0 aliphatic carbocycles. The average Bonchev–Trinajstić information content (AvgIpc) is 3.04. The van der Waals surface area contributed by atoms with Crippen LogP contribution in [0.1, 0.15) is 24.3 Å².